The molecule has 0 atom stereocenters. The van der Waals surface area contributed by atoms with Crippen LogP contribution >= 0.6 is 24.0 Å². The number of hydrogen-bond acceptors (Lipinski definition) is 1. The summed E-state index contributed by atoms with van der Waals surface area (Å²) in [5.74, 6) is 0.147. The van der Waals surface area contributed by atoms with E-state index in [0.717, 1.165) is 28.5 Å². The highest BCUT2D eigenvalue weighted by Crippen LogP contribution is 2.19. The number of hydrogen-bond donors (Lipinski definition) is 3. The molecule has 3 rings (SSSR count). The Kier molecular flexibility index (Phi) is 7.38. The summed E-state index contributed by atoms with van der Waals surface area (Å²) >= 11 is 0. The molecule has 0 unspecified atom stereocenters. The number of benzene rings is 2. The van der Waals surface area contributed by atoms with Gasteiger partial charge in [-0.2, -0.15) is 0 Å². The number of guanidine groups is 1. The highest BCUT2D eigenvalue weighted by Gasteiger charge is 2.05. The smallest absolute Gasteiger partial charge is 0.191 e. The maximum atomic E-state index is 13.2. The first-order valence-electron chi connectivity index (χ1n) is 8.10. The lowest BCUT2D eigenvalue weighted by molar-refractivity contribution is 0.624. The number of nitrogens with one attached hydrogen (secondary N) is 3. The minimum atomic E-state index is -0.252. The van der Waals surface area contributed by atoms with Crippen LogP contribution in [0.4, 0.5) is 8.78 Å². The lowest BCUT2D eigenvalue weighted by Crippen LogP contribution is -2.37. The summed E-state index contributed by atoms with van der Waals surface area (Å²) in [5, 5.41) is 7.40. The van der Waals surface area contributed by atoms with E-state index in [4.69, 9.17) is 0 Å². The van der Waals surface area contributed by atoms with Crippen LogP contribution in [0.3, 0.4) is 0 Å². The third-order valence-electron chi connectivity index (χ3n) is 3.99. The Balaban J connectivity index is 0.00000243. The van der Waals surface area contributed by atoms with Crippen molar-refractivity contribution in [3.05, 3.63) is 71.4 Å². The van der Waals surface area contributed by atoms with Crippen molar-refractivity contribution >= 4 is 40.8 Å². The van der Waals surface area contributed by atoms with Gasteiger partial charge in [0.2, 0.25) is 0 Å². The normalized spacial score (nSPS) is 11.3. The van der Waals surface area contributed by atoms with Crippen molar-refractivity contribution in [3.8, 4) is 0 Å². The van der Waals surface area contributed by atoms with Gasteiger partial charge in [-0.1, -0.05) is 12.1 Å². The summed E-state index contributed by atoms with van der Waals surface area (Å²) < 4.78 is 26.4. The van der Waals surface area contributed by atoms with Crippen molar-refractivity contribution < 1.29 is 8.78 Å². The Bertz CT molecular complexity index is 892. The first kappa shape index (κ1) is 20.2. The largest absolute Gasteiger partial charge is 0.361 e. The molecule has 138 valence electrons. The summed E-state index contributed by atoms with van der Waals surface area (Å²) in [4.78, 5) is 7.25. The molecule has 0 bridgehead atoms. The average molecular weight is 470 g/mol. The van der Waals surface area contributed by atoms with Crippen molar-refractivity contribution in [2.75, 3.05) is 13.6 Å². The fourth-order valence-corrected chi connectivity index (χ4v) is 2.73. The number of halogens is 3. The van der Waals surface area contributed by atoms with E-state index < -0.39 is 0 Å². The standard InChI is InChI=1S/C19H20F2N4.HI/c1-22-19(25-11-13-3-2-4-15(20)9-13)23-8-7-14-12-24-18-10-16(21)5-6-17(14)18;/h2-6,9-10,12,24H,7-8,11H2,1H3,(H2,22,23,25);1H. The summed E-state index contributed by atoms with van der Waals surface area (Å²) in [7, 11) is 1.69. The lowest BCUT2D eigenvalue weighted by atomic mass is 10.1. The van der Waals surface area contributed by atoms with Gasteiger partial charge in [0.1, 0.15) is 11.6 Å². The quantitative estimate of drug-likeness (QED) is 0.300. The number of H-pyrrole nitrogens is 1. The van der Waals surface area contributed by atoms with Crippen molar-refractivity contribution in [3.63, 3.8) is 0 Å². The molecule has 0 saturated heterocycles. The van der Waals surface area contributed by atoms with Gasteiger partial charge in [0.15, 0.2) is 5.96 Å². The number of fused-ring (bicyclic) bond motifs is 1. The van der Waals surface area contributed by atoms with Crippen LogP contribution in [0, 0.1) is 11.6 Å². The van der Waals surface area contributed by atoms with E-state index in [-0.39, 0.29) is 35.6 Å². The monoisotopic (exact) mass is 470 g/mol. The maximum Gasteiger partial charge on any atom is 0.191 e. The number of nitrogens with zero attached hydrogens (tertiary/aromatic N) is 1. The van der Waals surface area contributed by atoms with E-state index in [1.54, 1.807) is 19.2 Å². The molecule has 0 radical (unpaired) electrons. The molecule has 0 aliphatic rings. The molecule has 7 heteroatoms. The second-order valence-corrected chi connectivity index (χ2v) is 5.74. The van der Waals surface area contributed by atoms with Crippen LogP contribution in [0.25, 0.3) is 10.9 Å². The summed E-state index contributed by atoms with van der Waals surface area (Å²) in [6, 6.07) is 11.2. The molecule has 26 heavy (non-hydrogen) atoms. The average Bonchev–Trinajstić information content (AvgIpc) is 3.00. The highest BCUT2D eigenvalue weighted by atomic mass is 127. The zero-order valence-electron chi connectivity index (χ0n) is 14.4. The predicted octanol–water partition coefficient (Wildman–Crippen LogP) is 3.97. The van der Waals surface area contributed by atoms with Crippen molar-refractivity contribution in [1.82, 2.24) is 15.6 Å². The molecule has 0 saturated carbocycles. The van der Waals surface area contributed by atoms with E-state index >= 15 is 0 Å². The number of rotatable bonds is 5. The molecule has 0 spiro atoms. The minimum Gasteiger partial charge on any atom is -0.361 e. The first-order chi connectivity index (χ1) is 12.2. The maximum absolute atomic E-state index is 13.2. The lowest BCUT2D eigenvalue weighted by Gasteiger charge is -2.12. The second-order valence-electron chi connectivity index (χ2n) is 5.74. The molecule has 2 aromatic carbocycles. The minimum absolute atomic E-state index is 0. The molecule has 3 N–H and O–H groups in total. The van der Waals surface area contributed by atoms with Crippen LogP contribution in [0.15, 0.2) is 53.7 Å². The Labute approximate surface area is 168 Å². The van der Waals surface area contributed by atoms with Crippen LogP contribution < -0.4 is 10.6 Å². The SMILES string of the molecule is CN=C(NCCc1c[nH]c2cc(F)ccc12)NCc1cccc(F)c1.I. The molecule has 4 nitrogen and oxygen atoms in total. The Hall–Kier alpha value is -2.16. The summed E-state index contributed by atoms with van der Waals surface area (Å²) in [6.45, 7) is 1.16. The van der Waals surface area contributed by atoms with Gasteiger partial charge in [-0.15, -0.1) is 24.0 Å². The third kappa shape index (κ3) is 5.17. The fraction of sp³-hybridized carbons (Fsp3) is 0.211. The second kappa shape index (κ2) is 9.51. The Morgan fingerprint density at radius 3 is 2.65 bits per heavy atom. The van der Waals surface area contributed by atoms with Crippen LogP contribution in [0.2, 0.25) is 0 Å². The fourth-order valence-electron chi connectivity index (χ4n) is 2.73. The summed E-state index contributed by atoms with van der Waals surface area (Å²) in [5.41, 5.74) is 2.76. The summed E-state index contributed by atoms with van der Waals surface area (Å²) in [6.07, 6.45) is 2.67. The number of aromatic nitrogens is 1. The first-order valence-corrected chi connectivity index (χ1v) is 8.10. The van der Waals surface area contributed by atoms with Gasteiger partial charge in [0, 0.05) is 37.2 Å². The topological polar surface area (TPSA) is 52.2 Å². The van der Waals surface area contributed by atoms with Gasteiger partial charge in [0.25, 0.3) is 0 Å². The molecule has 1 aromatic heterocycles. The van der Waals surface area contributed by atoms with Crippen LogP contribution in [-0.4, -0.2) is 24.5 Å². The van der Waals surface area contributed by atoms with E-state index in [1.807, 2.05) is 12.3 Å². The van der Waals surface area contributed by atoms with Crippen molar-refractivity contribution in [1.29, 1.82) is 0 Å². The third-order valence-corrected chi connectivity index (χ3v) is 3.99. The van der Waals surface area contributed by atoms with Crippen LogP contribution in [0.1, 0.15) is 11.1 Å². The van der Waals surface area contributed by atoms with E-state index in [9.17, 15) is 8.78 Å². The van der Waals surface area contributed by atoms with E-state index in [1.165, 1.54) is 24.3 Å². The van der Waals surface area contributed by atoms with Crippen LogP contribution in [0.5, 0.6) is 0 Å². The van der Waals surface area contributed by atoms with Crippen molar-refractivity contribution in [2.45, 2.75) is 13.0 Å². The zero-order chi connectivity index (χ0) is 17.6. The predicted molar refractivity (Wildman–Crippen MR) is 112 cm³/mol. The number of aliphatic imine (C=N–C) groups is 1. The molecule has 0 aliphatic heterocycles. The molecule has 0 aliphatic carbocycles. The van der Waals surface area contributed by atoms with Gasteiger partial charge < -0.3 is 15.6 Å². The van der Waals surface area contributed by atoms with Gasteiger partial charge in [-0.25, -0.2) is 8.78 Å². The Morgan fingerprint density at radius 1 is 1.08 bits per heavy atom. The Morgan fingerprint density at radius 2 is 1.88 bits per heavy atom. The van der Waals surface area contributed by atoms with Gasteiger partial charge in [0.05, 0.1) is 0 Å². The van der Waals surface area contributed by atoms with E-state index in [0.29, 0.717) is 19.0 Å². The number of aromatic amines is 1. The van der Waals surface area contributed by atoms with Gasteiger partial charge in [-0.3, -0.25) is 4.99 Å². The highest BCUT2D eigenvalue weighted by molar-refractivity contribution is 14.0. The zero-order valence-corrected chi connectivity index (χ0v) is 16.7. The van der Waals surface area contributed by atoms with Gasteiger partial charge >= 0.3 is 0 Å². The molecule has 0 fully saturated rings. The molecule has 1 heterocycles. The van der Waals surface area contributed by atoms with Crippen molar-refractivity contribution in [2.24, 2.45) is 4.99 Å². The van der Waals surface area contributed by atoms with E-state index in [2.05, 4.69) is 20.6 Å². The molecule has 0 amide bonds. The molecular formula is C19H21F2IN4. The van der Waals surface area contributed by atoms with Crippen LogP contribution in [-0.2, 0) is 13.0 Å². The molecular weight excluding hydrogens is 449 g/mol. The molecule has 3 aromatic rings. The van der Waals surface area contributed by atoms with Gasteiger partial charge in [-0.05, 0) is 47.9 Å².